The van der Waals surface area contributed by atoms with Gasteiger partial charge in [0.15, 0.2) is 4.90 Å². The molecule has 0 bridgehead atoms. The van der Waals surface area contributed by atoms with E-state index < -0.39 is 0 Å². The highest BCUT2D eigenvalue weighted by molar-refractivity contribution is 7.97. The monoisotopic (exact) mass is 195 g/mol. The Balaban J connectivity index is 2.12. The van der Waals surface area contributed by atoms with E-state index >= 15 is 0 Å². The third kappa shape index (κ3) is 2.06. The number of rotatable bonds is 2. The van der Waals surface area contributed by atoms with Gasteiger partial charge in [-0.25, -0.2) is 0 Å². The molecule has 70 valence electrons. The Morgan fingerprint density at radius 3 is 2.23 bits per heavy atom. The first kappa shape index (κ1) is 9.10. The van der Waals surface area contributed by atoms with Crippen LogP contribution in [0.3, 0.4) is 0 Å². The van der Waals surface area contributed by atoms with Crippen molar-refractivity contribution in [1.29, 1.82) is 0 Å². The van der Waals surface area contributed by atoms with Crippen molar-refractivity contribution in [3.05, 3.63) is 29.8 Å². The maximum Gasteiger partial charge on any atom is 0.154 e. The van der Waals surface area contributed by atoms with Gasteiger partial charge in [0.05, 0.1) is 6.61 Å². The van der Waals surface area contributed by atoms with Gasteiger partial charge in [0, 0.05) is 10.9 Å². The van der Waals surface area contributed by atoms with Gasteiger partial charge in [-0.2, -0.15) is 0 Å². The van der Waals surface area contributed by atoms with E-state index in [9.17, 15) is 0 Å². The van der Waals surface area contributed by atoms with E-state index in [4.69, 9.17) is 5.11 Å². The van der Waals surface area contributed by atoms with Crippen molar-refractivity contribution in [2.24, 2.45) is 0 Å². The first-order valence-corrected chi connectivity index (χ1v) is 6.34. The molecule has 2 heteroatoms. The second-order valence-corrected chi connectivity index (χ2v) is 5.68. The van der Waals surface area contributed by atoms with Gasteiger partial charge in [-0.15, -0.1) is 0 Å². The molecule has 0 spiro atoms. The fourth-order valence-electron chi connectivity index (χ4n) is 1.68. The summed E-state index contributed by atoms with van der Waals surface area (Å²) in [5.41, 5.74) is 1.02. The van der Waals surface area contributed by atoms with Crippen LogP contribution in [0.5, 0.6) is 0 Å². The molecule has 1 heterocycles. The van der Waals surface area contributed by atoms with Crippen molar-refractivity contribution >= 4 is 10.9 Å². The van der Waals surface area contributed by atoms with Crippen LogP contribution in [0.25, 0.3) is 0 Å². The predicted molar refractivity (Wildman–Crippen MR) is 57.0 cm³/mol. The normalized spacial score (nSPS) is 17.9. The topological polar surface area (TPSA) is 20.2 Å². The summed E-state index contributed by atoms with van der Waals surface area (Å²) in [6.45, 7) is 0.161. The minimum atomic E-state index is 0.161. The van der Waals surface area contributed by atoms with Crippen molar-refractivity contribution in [2.45, 2.75) is 24.3 Å². The summed E-state index contributed by atoms with van der Waals surface area (Å²) in [6, 6.07) is 8.45. The van der Waals surface area contributed by atoms with Crippen LogP contribution >= 0.6 is 0 Å². The highest BCUT2D eigenvalue weighted by Gasteiger charge is 2.26. The lowest BCUT2D eigenvalue weighted by atomic mass is 10.2. The SMILES string of the molecule is OCc1ccc([S+]2CCCC2)cc1. The second kappa shape index (κ2) is 4.16. The van der Waals surface area contributed by atoms with Gasteiger partial charge < -0.3 is 5.11 Å². The molecule has 0 unspecified atom stereocenters. The van der Waals surface area contributed by atoms with Crippen LogP contribution in [0.15, 0.2) is 29.2 Å². The third-order valence-electron chi connectivity index (χ3n) is 2.47. The van der Waals surface area contributed by atoms with Crippen LogP contribution in [0.2, 0.25) is 0 Å². The highest BCUT2D eigenvalue weighted by atomic mass is 32.2. The zero-order valence-electron chi connectivity index (χ0n) is 7.70. The summed E-state index contributed by atoms with van der Waals surface area (Å²) >= 11 is 0. The molecule has 13 heavy (non-hydrogen) atoms. The Hall–Kier alpha value is -0.470. The Morgan fingerprint density at radius 1 is 1.08 bits per heavy atom. The minimum absolute atomic E-state index is 0.161. The summed E-state index contributed by atoms with van der Waals surface area (Å²) < 4.78 is 0. The molecule has 1 fully saturated rings. The molecular formula is C11H15OS+. The van der Waals surface area contributed by atoms with Crippen molar-refractivity contribution in [1.82, 2.24) is 0 Å². The molecule has 1 aliphatic rings. The fourth-order valence-corrected chi connectivity index (χ4v) is 3.98. The van der Waals surface area contributed by atoms with E-state index in [1.807, 2.05) is 12.1 Å². The van der Waals surface area contributed by atoms with Gasteiger partial charge in [-0.3, -0.25) is 0 Å². The maximum atomic E-state index is 8.90. The zero-order valence-corrected chi connectivity index (χ0v) is 8.52. The van der Waals surface area contributed by atoms with Crippen LogP contribution in [-0.2, 0) is 17.5 Å². The van der Waals surface area contributed by atoms with Crippen molar-refractivity contribution in [2.75, 3.05) is 11.5 Å². The molecule has 2 rings (SSSR count). The minimum Gasteiger partial charge on any atom is -0.392 e. The highest BCUT2D eigenvalue weighted by Crippen LogP contribution is 2.22. The van der Waals surface area contributed by atoms with Crippen molar-refractivity contribution in [3.8, 4) is 0 Å². The van der Waals surface area contributed by atoms with Gasteiger partial charge in [-0.1, -0.05) is 12.1 Å². The van der Waals surface area contributed by atoms with Crippen molar-refractivity contribution in [3.63, 3.8) is 0 Å². The van der Waals surface area contributed by atoms with E-state index in [-0.39, 0.29) is 6.61 Å². The van der Waals surface area contributed by atoms with E-state index in [0.717, 1.165) is 5.56 Å². The summed E-state index contributed by atoms with van der Waals surface area (Å²) in [6.07, 6.45) is 2.79. The number of aliphatic hydroxyl groups is 1. The van der Waals surface area contributed by atoms with Gasteiger partial charge in [0.1, 0.15) is 11.5 Å². The first-order chi connectivity index (χ1) is 6.40. The van der Waals surface area contributed by atoms with Gasteiger partial charge in [0.2, 0.25) is 0 Å². The molecule has 1 nitrogen and oxygen atoms in total. The number of hydrogen-bond acceptors (Lipinski definition) is 1. The van der Waals surface area contributed by atoms with Crippen LogP contribution in [0.4, 0.5) is 0 Å². The lowest BCUT2D eigenvalue weighted by Gasteiger charge is -2.00. The molecule has 0 aromatic heterocycles. The fraction of sp³-hybridized carbons (Fsp3) is 0.455. The second-order valence-electron chi connectivity index (χ2n) is 3.41. The lowest BCUT2D eigenvalue weighted by molar-refractivity contribution is 0.282. The molecule has 0 radical (unpaired) electrons. The van der Waals surface area contributed by atoms with Crippen LogP contribution in [-0.4, -0.2) is 16.6 Å². The molecule has 0 saturated carbocycles. The van der Waals surface area contributed by atoms with Crippen LogP contribution < -0.4 is 0 Å². The molecule has 0 amide bonds. The van der Waals surface area contributed by atoms with Gasteiger partial charge in [0.25, 0.3) is 0 Å². The zero-order chi connectivity index (χ0) is 9.10. The lowest BCUT2D eigenvalue weighted by Crippen LogP contribution is -2.03. The first-order valence-electron chi connectivity index (χ1n) is 4.77. The number of aliphatic hydroxyl groups excluding tert-OH is 1. The van der Waals surface area contributed by atoms with Crippen molar-refractivity contribution < 1.29 is 5.11 Å². The average Bonchev–Trinajstić information content (AvgIpc) is 2.71. The summed E-state index contributed by atoms with van der Waals surface area (Å²) in [5, 5.41) is 8.90. The Bertz CT molecular complexity index is 262. The number of benzene rings is 1. The molecule has 1 aliphatic heterocycles. The Kier molecular flexibility index (Phi) is 2.91. The standard InChI is InChI=1S/C11H15OS/c12-9-10-3-5-11(6-4-10)13-7-1-2-8-13/h3-6,12H,1-2,7-9H2/q+1. The molecule has 1 aromatic carbocycles. The molecule has 0 aliphatic carbocycles. The molecular weight excluding hydrogens is 180 g/mol. The largest absolute Gasteiger partial charge is 0.392 e. The smallest absolute Gasteiger partial charge is 0.154 e. The Labute approximate surface area is 82.1 Å². The molecule has 0 atom stereocenters. The Morgan fingerprint density at radius 2 is 1.69 bits per heavy atom. The van der Waals surface area contributed by atoms with E-state index in [1.54, 1.807) is 0 Å². The van der Waals surface area contributed by atoms with E-state index in [1.165, 1.54) is 29.2 Å². The summed E-state index contributed by atoms with van der Waals surface area (Å²) in [7, 11) is 0.517. The quantitative estimate of drug-likeness (QED) is 0.715. The summed E-state index contributed by atoms with van der Waals surface area (Å²) in [5.74, 6) is 2.75. The van der Waals surface area contributed by atoms with E-state index in [0.29, 0.717) is 10.9 Å². The van der Waals surface area contributed by atoms with E-state index in [2.05, 4.69) is 12.1 Å². The van der Waals surface area contributed by atoms with Crippen LogP contribution in [0, 0.1) is 0 Å². The number of hydrogen-bond donors (Lipinski definition) is 1. The van der Waals surface area contributed by atoms with Crippen LogP contribution in [0.1, 0.15) is 18.4 Å². The average molecular weight is 195 g/mol. The van der Waals surface area contributed by atoms with Gasteiger partial charge in [-0.05, 0) is 30.5 Å². The maximum absolute atomic E-state index is 8.90. The predicted octanol–water partition coefficient (Wildman–Crippen LogP) is 1.95. The van der Waals surface area contributed by atoms with Gasteiger partial charge >= 0.3 is 0 Å². The molecule has 1 saturated heterocycles. The molecule has 1 aromatic rings. The molecule has 1 N–H and O–H groups in total. The summed E-state index contributed by atoms with van der Waals surface area (Å²) in [4.78, 5) is 1.48. The third-order valence-corrected chi connectivity index (χ3v) is 4.97.